The zero-order chi connectivity index (χ0) is 20.1. The van der Waals surface area contributed by atoms with E-state index in [1.54, 1.807) is 6.07 Å². The Balaban J connectivity index is 1.77. The molecule has 0 aliphatic heterocycles. The van der Waals surface area contributed by atoms with Gasteiger partial charge in [0.2, 0.25) is 5.91 Å². The van der Waals surface area contributed by atoms with Gasteiger partial charge in [-0.25, -0.2) is 0 Å². The van der Waals surface area contributed by atoms with Gasteiger partial charge in [0.1, 0.15) is 11.8 Å². The van der Waals surface area contributed by atoms with E-state index in [4.69, 9.17) is 16.2 Å². The van der Waals surface area contributed by atoms with Crippen molar-refractivity contribution in [2.45, 2.75) is 6.04 Å². The Bertz CT molecular complexity index is 1030. The number of carbonyl (C=O) groups is 3. The summed E-state index contributed by atoms with van der Waals surface area (Å²) in [5, 5.41) is 4.62. The summed E-state index contributed by atoms with van der Waals surface area (Å²) in [6.45, 7) is -0.253. The molecule has 7 heteroatoms. The van der Waals surface area contributed by atoms with Crippen LogP contribution in [-0.2, 0) is 9.59 Å². The van der Waals surface area contributed by atoms with Crippen LogP contribution in [0.3, 0.4) is 0 Å². The maximum Gasteiger partial charge on any atom is 0.255 e. The molecule has 0 aromatic heterocycles. The monoisotopic (exact) mass is 377 g/mol. The topological polar surface area (TPSA) is 125 Å². The van der Waals surface area contributed by atoms with Gasteiger partial charge in [0, 0.05) is 5.56 Å². The van der Waals surface area contributed by atoms with Gasteiger partial charge < -0.3 is 21.5 Å². The molecule has 5 N–H and O–H groups in total. The maximum atomic E-state index is 12.5. The number of hydrogen-bond donors (Lipinski definition) is 3. The number of benzene rings is 3. The lowest BCUT2D eigenvalue weighted by atomic mass is 10.0. The molecular formula is C21H19N3O4. The Morgan fingerprint density at radius 1 is 0.893 bits per heavy atom. The third-order valence-corrected chi connectivity index (χ3v) is 4.16. The highest BCUT2D eigenvalue weighted by molar-refractivity contribution is 5.98. The Morgan fingerprint density at radius 3 is 2.21 bits per heavy atom. The highest BCUT2D eigenvalue weighted by Gasteiger charge is 2.21. The van der Waals surface area contributed by atoms with Crippen molar-refractivity contribution in [2.75, 3.05) is 6.61 Å². The fraction of sp³-hybridized carbons (Fsp3) is 0.0952. The molecular weight excluding hydrogens is 358 g/mol. The number of rotatable bonds is 7. The van der Waals surface area contributed by atoms with Crippen LogP contribution in [0.25, 0.3) is 10.8 Å². The molecule has 1 atom stereocenters. The van der Waals surface area contributed by atoms with E-state index in [0.717, 1.165) is 10.8 Å². The quantitative estimate of drug-likeness (QED) is 0.579. The van der Waals surface area contributed by atoms with Crippen LogP contribution >= 0.6 is 0 Å². The van der Waals surface area contributed by atoms with Crippen molar-refractivity contribution in [2.24, 2.45) is 11.5 Å². The first-order valence-corrected chi connectivity index (χ1v) is 8.54. The minimum absolute atomic E-state index is 0.253. The fourth-order valence-corrected chi connectivity index (χ4v) is 2.78. The normalized spacial score (nSPS) is 11.6. The van der Waals surface area contributed by atoms with Crippen LogP contribution in [0.5, 0.6) is 5.75 Å². The third kappa shape index (κ3) is 4.45. The first kappa shape index (κ1) is 18.9. The van der Waals surface area contributed by atoms with E-state index in [2.05, 4.69) is 5.32 Å². The highest BCUT2D eigenvalue weighted by Crippen LogP contribution is 2.21. The third-order valence-electron chi connectivity index (χ3n) is 4.16. The Morgan fingerprint density at radius 2 is 1.57 bits per heavy atom. The Kier molecular flexibility index (Phi) is 5.55. The number of fused-ring (bicyclic) bond motifs is 1. The minimum atomic E-state index is -0.970. The van der Waals surface area contributed by atoms with Crippen molar-refractivity contribution in [3.63, 3.8) is 0 Å². The van der Waals surface area contributed by atoms with Crippen LogP contribution in [0, 0.1) is 0 Å². The summed E-state index contributed by atoms with van der Waals surface area (Å²) >= 11 is 0. The molecule has 3 rings (SSSR count). The van der Waals surface area contributed by atoms with E-state index in [9.17, 15) is 14.4 Å². The van der Waals surface area contributed by atoms with Gasteiger partial charge >= 0.3 is 0 Å². The summed E-state index contributed by atoms with van der Waals surface area (Å²) < 4.78 is 5.15. The van der Waals surface area contributed by atoms with Crippen LogP contribution in [0.15, 0.2) is 66.7 Å². The summed E-state index contributed by atoms with van der Waals surface area (Å²) in [6, 6.07) is 18.3. The number of nitrogens with two attached hydrogens (primary N) is 2. The van der Waals surface area contributed by atoms with Crippen molar-refractivity contribution in [1.82, 2.24) is 5.32 Å². The van der Waals surface area contributed by atoms with Gasteiger partial charge in [-0.2, -0.15) is 0 Å². The van der Waals surface area contributed by atoms with Gasteiger partial charge in [-0.05, 0) is 46.7 Å². The molecule has 0 heterocycles. The van der Waals surface area contributed by atoms with E-state index in [1.807, 2.05) is 36.4 Å². The average molecular weight is 377 g/mol. The predicted molar refractivity (Wildman–Crippen MR) is 104 cm³/mol. The van der Waals surface area contributed by atoms with Crippen LogP contribution in [0.1, 0.15) is 22.0 Å². The van der Waals surface area contributed by atoms with Crippen LogP contribution in [0.2, 0.25) is 0 Å². The van der Waals surface area contributed by atoms with E-state index in [-0.39, 0.29) is 6.61 Å². The van der Waals surface area contributed by atoms with Crippen LogP contribution in [0.4, 0.5) is 0 Å². The van der Waals surface area contributed by atoms with E-state index in [1.165, 1.54) is 24.3 Å². The molecule has 28 heavy (non-hydrogen) atoms. The molecule has 3 aromatic carbocycles. The molecule has 0 spiro atoms. The first-order chi connectivity index (χ1) is 13.4. The smallest absolute Gasteiger partial charge is 0.255 e. The lowest BCUT2D eigenvalue weighted by molar-refractivity contribution is -0.120. The summed E-state index contributed by atoms with van der Waals surface area (Å²) in [5.41, 5.74) is 11.4. The number of primary amides is 2. The summed E-state index contributed by atoms with van der Waals surface area (Å²) in [4.78, 5) is 35.2. The van der Waals surface area contributed by atoms with Gasteiger partial charge in [-0.1, -0.05) is 36.4 Å². The van der Waals surface area contributed by atoms with Crippen molar-refractivity contribution in [3.05, 3.63) is 77.9 Å². The van der Waals surface area contributed by atoms with Gasteiger partial charge in [-0.15, -0.1) is 0 Å². The zero-order valence-corrected chi connectivity index (χ0v) is 14.9. The molecule has 0 aliphatic rings. The maximum absolute atomic E-state index is 12.5. The van der Waals surface area contributed by atoms with E-state index >= 15 is 0 Å². The number of ether oxygens (including phenoxy) is 1. The van der Waals surface area contributed by atoms with Crippen LogP contribution < -0.4 is 21.5 Å². The molecule has 1 unspecified atom stereocenters. The average Bonchev–Trinajstić information content (AvgIpc) is 2.70. The second-order valence-corrected chi connectivity index (χ2v) is 6.19. The second kappa shape index (κ2) is 8.22. The molecule has 3 amide bonds. The van der Waals surface area contributed by atoms with Crippen molar-refractivity contribution in [1.29, 1.82) is 0 Å². The summed E-state index contributed by atoms with van der Waals surface area (Å²) in [5.74, 6) is -1.32. The SMILES string of the molecule is NC(=O)COc1ccc(C(=O)NC(C(N)=O)c2ccc3ccccc3c2)cc1. The largest absolute Gasteiger partial charge is 0.484 e. The number of hydrogen-bond acceptors (Lipinski definition) is 4. The number of amides is 3. The summed E-state index contributed by atoms with van der Waals surface area (Å²) in [6.07, 6.45) is 0. The molecule has 142 valence electrons. The van der Waals surface area contributed by atoms with Crippen LogP contribution in [-0.4, -0.2) is 24.3 Å². The molecule has 0 bridgehead atoms. The second-order valence-electron chi connectivity index (χ2n) is 6.19. The molecule has 0 fully saturated rings. The predicted octanol–water partition coefficient (Wildman–Crippen LogP) is 1.66. The Hall–Kier alpha value is -3.87. The standard InChI is InChI=1S/C21H19N3O4/c22-18(25)12-28-17-9-7-14(8-10-17)21(27)24-19(20(23)26)16-6-5-13-3-1-2-4-15(13)11-16/h1-11,19H,12H2,(H2,22,25)(H2,23,26)(H,24,27). The lowest BCUT2D eigenvalue weighted by Crippen LogP contribution is -2.37. The highest BCUT2D eigenvalue weighted by atomic mass is 16.5. The molecule has 0 aliphatic carbocycles. The van der Waals surface area contributed by atoms with Crippen molar-refractivity contribution in [3.8, 4) is 5.75 Å². The minimum Gasteiger partial charge on any atom is -0.484 e. The van der Waals surface area contributed by atoms with Crippen molar-refractivity contribution >= 4 is 28.5 Å². The van der Waals surface area contributed by atoms with Gasteiger partial charge in [0.15, 0.2) is 6.61 Å². The van der Waals surface area contributed by atoms with Gasteiger partial charge in [0.25, 0.3) is 11.8 Å². The van der Waals surface area contributed by atoms with Gasteiger partial charge in [-0.3, -0.25) is 14.4 Å². The first-order valence-electron chi connectivity index (χ1n) is 8.54. The summed E-state index contributed by atoms with van der Waals surface area (Å²) in [7, 11) is 0. The van der Waals surface area contributed by atoms with E-state index in [0.29, 0.717) is 16.9 Å². The number of nitrogens with one attached hydrogen (secondary N) is 1. The molecule has 3 aromatic rings. The molecule has 0 saturated carbocycles. The fourth-order valence-electron chi connectivity index (χ4n) is 2.78. The zero-order valence-electron chi connectivity index (χ0n) is 14.9. The van der Waals surface area contributed by atoms with E-state index < -0.39 is 23.8 Å². The molecule has 7 nitrogen and oxygen atoms in total. The lowest BCUT2D eigenvalue weighted by Gasteiger charge is -2.17. The molecule has 0 radical (unpaired) electrons. The van der Waals surface area contributed by atoms with Crippen molar-refractivity contribution < 1.29 is 19.1 Å². The number of carbonyl (C=O) groups excluding carboxylic acids is 3. The Labute approximate surface area is 161 Å². The van der Waals surface area contributed by atoms with Gasteiger partial charge in [0.05, 0.1) is 0 Å². The molecule has 0 saturated heterocycles.